The number of hydrogen-bond donors (Lipinski definition) is 1. The number of benzene rings is 2. The van der Waals surface area contributed by atoms with Gasteiger partial charge in [0, 0.05) is 42.7 Å². The highest BCUT2D eigenvalue weighted by Crippen LogP contribution is 2.28. The van der Waals surface area contributed by atoms with Crippen molar-refractivity contribution in [3.8, 4) is 17.1 Å². The molecule has 170 valence electrons. The summed E-state index contributed by atoms with van der Waals surface area (Å²) in [7, 11) is 0. The van der Waals surface area contributed by atoms with Crippen molar-refractivity contribution >= 4 is 17.4 Å². The average molecular weight is 468 g/mol. The van der Waals surface area contributed by atoms with Gasteiger partial charge >= 0.3 is 0 Å². The van der Waals surface area contributed by atoms with Crippen LogP contribution in [0.15, 0.2) is 84.4 Å². The van der Waals surface area contributed by atoms with Crippen LogP contribution in [0.4, 0.5) is 0 Å². The predicted octanol–water partition coefficient (Wildman–Crippen LogP) is 5.58. The molecule has 7 heteroatoms. The largest absolute Gasteiger partial charge is 0.493 e. The zero-order chi connectivity index (χ0) is 23.3. The monoisotopic (exact) mass is 467 g/mol. The topological polar surface area (TPSA) is 76.2 Å². The summed E-state index contributed by atoms with van der Waals surface area (Å²) >= 11 is 1.65. The van der Waals surface area contributed by atoms with Crippen LogP contribution in [0.2, 0.25) is 0 Å². The van der Waals surface area contributed by atoms with Crippen LogP contribution >= 0.6 is 11.8 Å². The van der Waals surface area contributed by atoms with Gasteiger partial charge in [-0.15, -0.1) is 0 Å². The van der Waals surface area contributed by atoms with Gasteiger partial charge in [-0.05, 0) is 17.5 Å². The summed E-state index contributed by atoms with van der Waals surface area (Å²) < 4.78 is 1.75. The third kappa shape index (κ3) is 4.79. The van der Waals surface area contributed by atoms with Gasteiger partial charge in [-0.2, -0.15) is 0 Å². The van der Waals surface area contributed by atoms with Crippen LogP contribution in [0.25, 0.3) is 16.9 Å². The lowest BCUT2D eigenvalue weighted by atomic mass is 10.1. The predicted molar refractivity (Wildman–Crippen MR) is 135 cm³/mol. The van der Waals surface area contributed by atoms with Gasteiger partial charge in [-0.1, -0.05) is 79.3 Å². The molecule has 3 heterocycles. The second kappa shape index (κ2) is 10.1. The standard InChI is InChI=1S/C27H25N5OS/c1-2-13-34-27-28-16-20(17-29-27)15-23-26(33)32-18-24(21-11-7-4-8-12-21)30-22(25(32)31-23)14-19-9-5-3-6-10-19/h3-12,16-18,33H,2,13-15H2,1H3. The van der Waals surface area contributed by atoms with Crippen LogP contribution in [0.1, 0.15) is 35.9 Å². The molecule has 0 saturated heterocycles. The number of rotatable bonds is 8. The highest BCUT2D eigenvalue weighted by Gasteiger charge is 2.18. The lowest BCUT2D eigenvalue weighted by Crippen LogP contribution is -2.00. The maximum atomic E-state index is 11.1. The van der Waals surface area contributed by atoms with E-state index in [1.807, 2.05) is 67.1 Å². The SMILES string of the molecule is CCCSc1ncc(Cc2nc3c(Cc4ccccc4)nc(-c4ccccc4)cn3c2O)cn1. The molecule has 0 radical (unpaired) electrons. The van der Waals surface area contributed by atoms with E-state index >= 15 is 0 Å². The van der Waals surface area contributed by atoms with Gasteiger partial charge in [0.15, 0.2) is 10.8 Å². The van der Waals surface area contributed by atoms with E-state index in [-0.39, 0.29) is 5.88 Å². The average Bonchev–Trinajstić information content (AvgIpc) is 3.20. The summed E-state index contributed by atoms with van der Waals surface area (Å²) in [6.45, 7) is 2.14. The Labute approximate surface area is 202 Å². The molecule has 34 heavy (non-hydrogen) atoms. The molecule has 0 atom stereocenters. The first-order chi connectivity index (χ1) is 16.7. The lowest BCUT2D eigenvalue weighted by molar-refractivity contribution is 0.442. The van der Waals surface area contributed by atoms with Crippen LogP contribution < -0.4 is 0 Å². The van der Waals surface area contributed by atoms with Crippen molar-refractivity contribution in [3.63, 3.8) is 0 Å². The van der Waals surface area contributed by atoms with Crippen LogP contribution in [0, 0.1) is 0 Å². The molecule has 0 unspecified atom stereocenters. The minimum atomic E-state index is 0.119. The molecular weight excluding hydrogens is 442 g/mol. The fraction of sp³-hybridized carbons (Fsp3) is 0.185. The van der Waals surface area contributed by atoms with Gasteiger partial charge in [0.05, 0.1) is 11.4 Å². The van der Waals surface area contributed by atoms with E-state index in [4.69, 9.17) is 9.97 Å². The van der Waals surface area contributed by atoms with Crippen LogP contribution in [-0.4, -0.2) is 35.2 Å². The van der Waals surface area contributed by atoms with Crippen molar-refractivity contribution in [3.05, 3.63) is 102 Å². The first kappa shape index (κ1) is 22.1. The Bertz CT molecular complexity index is 1390. The van der Waals surface area contributed by atoms with Crippen molar-refractivity contribution in [1.29, 1.82) is 0 Å². The smallest absolute Gasteiger partial charge is 0.219 e. The van der Waals surface area contributed by atoms with E-state index in [2.05, 4.69) is 29.0 Å². The van der Waals surface area contributed by atoms with Gasteiger partial charge in [0.25, 0.3) is 0 Å². The van der Waals surface area contributed by atoms with Crippen LogP contribution in [0.3, 0.4) is 0 Å². The molecule has 0 fully saturated rings. The molecule has 6 nitrogen and oxygen atoms in total. The Kier molecular flexibility index (Phi) is 6.53. The van der Waals surface area contributed by atoms with E-state index in [0.717, 1.165) is 45.4 Å². The summed E-state index contributed by atoms with van der Waals surface area (Å²) in [6, 6.07) is 20.2. The van der Waals surface area contributed by atoms with Crippen LogP contribution in [-0.2, 0) is 12.8 Å². The number of hydrogen-bond acceptors (Lipinski definition) is 6. The van der Waals surface area contributed by atoms with E-state index < -0.39 is 0 Å². The molecule has 5 rings (SSSR count). The molecule has 1 N–H and O–H groups in total. The third-order valence-corrected chi connectivity index (χ3v) is 6.57. The van der Waals surface area contributed by atoms with Crippen molar-refractivity contribution in [2.75, 3.05) is 5.75 Å². The summed E-state index contributed by atoms with van der Waals surface area (Å²) in [5.41, 5.74) is 5.88. The van der Waals surface area contributed by atoms with Gasteiger partial charge < -0.3 is 5.11 Å². The van der Waals surface area contributed by atoms with Gasteiger partial charge in [0.2, 0.25) is 5.88 Å². The molecule has 0 saturated carbocycles. The minimum Gasteiger partial charge on any atom is -0.493 e. The van der Waals surface area contributed by atoms with Crippen molar-refractivity contribution < 1.29 is 5.11 Å². The zero-order valence-electron chi connectivity index (χ0n) is 18.9. The first-order valence-corrected chi connectivity index (χ1v) is 12.3. The van der Waals surface area contributed by atoms with Crippen LogP contribution in [0.5, 0.6) is 5.88 Å². The zero-order valence-corrected chi connectivity index (χ0v) is 19.7. The summed E-state index contributed by atoms with van der Waals surface area (Å²) in [5.74, 6) is 1.11. The number of thioether (sulfide) groups is 1. The highest BCUT2D eigenvalue weighted by molar-refractivity contribution is 7.99. The van der Waals surface area contributed by atoms with Crippen molar-refractivity contribution in [2.45, 2.75) is 31.3 Å². The molecule has 0 bridgehead atoms. The normalized spacial score (nSPS) is 11.2. The number of imidazole rings is 1. The number of aromatic nitrogens is 5. The van der Waals surface area contributed by atoms with E-state index in [9.17, 15) is 5.11 Å². The van der Waals surface area contributed by atoms with Gasteiger partial charge in [0.1, 0.15) is 5.69 Å². The third-order valence-electron chi connectivity index (χ3n) is 5.49. The Morgan fingerprint density at radius 3 is 2.21 bits per heavy atom. The maximum absolute atomic E-state index is 11.1. The van der Waals surface area contributed by atoms with Gasteiger partial charge in [-0.25, -0.2) is 19.9 Å². The maximum Gasteiger partial charge on any atom is 0.219 e. The Morgan fingerprint density at radius 2 is 1.50 bits per heavy atom. The fourth-order valence-electron chi connectivity index (χ4n) is 3.81. The molecule has 3 aromatic heterocycles. The van der Waals surface area contributed by atoms with Crippen molar-refractivity contribution in [2.24, 2.45) is 0 Å². The second-order valence-electron chi connectivity index (χ2n) is 8.08. The molecule has 0 aliphatic rings. The van der Waals surface area contributed by atoms with Crippen molar-refractivity contribution in [1.82, 2.24) is 24.3 Å². The Hall–Kier alpha value is -3.71. The van der Waals surface area contributed by atoms with E-state index in [1.54, 1.807) is 16.2 Å². The molecule has 0 amide bonds. The van der Waals surface area contributed by atoms with E-state index in [0.29, 0.717) is 24.2 Å². The quantitative estimate of drug-likeness (QED) is 0.237. The number of fused-ring (bicyclic) bond motifs is 1. The first-order valence-electron chi connectivity index (χ1n) is 11.3. The van der Waals surface area contributed by atoms with E-state index in [1.165, 1.54) is 0 Å². The second-order valence-corrected chi connectivity index (χ2v) is 9.14. The molecule has 0 aliphatic heterocycles. The highest BCUT2D eigenvalue weighted by atomic mass is 32.2. The summed E-state index contributed by atoms with van der Waals surface area (Å²) in [4.78, 5) is 18.6. The molecular formula is C27H25N5OS. The summed E-state index contributed by atoms with van der Waals surface area (Å²) in [5, 5.41) is 11.9. The fourth-order valence-corrected chi connectivity index (χ4v) is 4.45. The Morgan fingerprint density at radius 1 is 0.824 bits per heavy atom. The minimum absolute atomic E-state index is 0.119. The Balaban J connectivity index is 1.54. The number of aromatic hydroxyl groups is 1. The molecule has 2 aromatic carbocycles. The summed E-state index contributed by atoms with van der Waals surface area (Å²) in [6.07, 6.45) is 7.62. The number of nitrogens with zero attached hydrogens (tertiary/aromatic N) is 5. The van der Waals surface area contributed by atoms with Gasteiger partial charge in [-0.3, -0.25) is 4.40 Å². The molecule has 0 spiro atoms. The lowest BCUT2D eigenvalue weighted by Gasteiger charge is -2.08. The molecule has 5 aromatic rings. The molecule has 0 aliphatic carbocycles.